The Bertz CT molecular complexity index is 857. The van der Waals surface area contributed by atoms with Crippen molar-refractivity contribution in [3.05, 3.63) is 50.4 Å². The standard InChI is InChI=1S/C17H16Br2NO5P.C3H8S/c1-26-8-9-4-12(18)16(13(19)5-9)25-10-2-3-14(21)11(6-10)17(24)20-7-15(22)23;1-3-4-2/h2-6,21,26H,7-8H2,1H3,(H,20,24)(H,22,23);3H2,1-2H3. The SMILES string of the molecule is CCSC.CPCc1cc(Br)c(Oc2ccc(O)c(C(=O)NCC(=O)O)c2)c(Br)c1. The van der Waals surface area contributed by atoms with Gasteiger partial charge < -0.3 is 20.3 Å². The van der Waals surface area contributed by atoms with E-state index >= 15 is 0 Å². The van der Waals surface area contributed by atoms with E-state index in [-0.39, 0.29) is 11.3 Å². The van der Waals surface area contributed by atoms with Crippen LogP contribution < -0.4 is 10.1 Å². The molecule has 1 amide bonds. The number of rotatable bonds is 8. The largest absolute Gasteiger partial charge is 0.507 e. The first-order valence-corrected chi connectivity index (χ1v) is 13.5. The molecule has 0 aliphatic carbocycles. The minimum atomic E-state index is -1.18. The fraction of sp³-hybridized carbons (Fsp3) is 0.300. The summed E-state index contributed by atoms with van der Waals surface area (Å²) in [4.78, 5) is 22.6. The molecule has 1 unspecified atom stereocenters. The lowest BCUT2D eigenvalue weighted by molar-refractivity contribution is -0.135. The molecule has 2 aromatic carbocycles. The first-order chi connectivity index (χ1) is 14.2. The Morgan fingerprint density at radius 3 is 2.30 bits per heavy atom. The maximum Gasteiger partial charge on any atom is 0.322 e. The molecular weight excluding hydrogens is 557 g/mol. The summed E-state index contributed by atoms with van der Waals surface area (Å²) in [5.41, 5.74) is 1.09. The molecule has 0 radical (unpaired) electrons. The molecule has 0 saturated heterocycles. The van der Waals surface area contributed by atoms with Gasteiger partial charge >= 0.3 is 5.97 Å². The summed E-state index contributed by atoms with van der Waals surface area (Å²) >= 11 is 8.82. The van der Waals surface area contributed by atoms with Crippen LogP contribution in [0.1, 0.15) is 22.8 Å². The highest BCUT2D eigenvalue weighted by atomic mass is 79.9. The van der Waals surface area contributed by atoms with Gasteiger partial charge in [0.1, 0.15) is 18.0 Å². The summed E-state index contributed by atoms with van der Waals surface area (Å²) in [5, 5.41) is 20.7. The Morgan fingerprint density at radius 2 is 1.80 bits per heavy atom. The zero-order chi connectivity index (χ0) is 22.7. The van der Waals surface area contributed by atoms with E-state index < -0.39 is 18.4 Å². The first kappa shape index (κ1) is 26.8. The van der Waals surface area contributed by atoms with Gasteiger partial charge in [0.15, 0.2) is 5.75 Å². The Morgan fingerprint density at radius 1 is 1.20 bits per heavy atom. The molecule has 1 atom stereocenters. The quantitative estimate of drug-likeness (QED) is 0.347. The van der Waals surface area contributed by atoms with Gasteiger partial charge in [-0.25, -0.2) is 0 Å². The number of carboxylic acids is 1. The molecule has 0 aliphatic heterocycles. The number of halogens is 2. The van der Waals surface area contributed by atoms with Crippen LogP contribution in [0.2, 0.25) is 0 Å². The molecule has 164 valence electrons. The molecule has 0 spiro atoms. The molecule has 0 fully saturated rings. The van der Waals surface area contributed by atoms with E-state index in [1.54, 1.807) is 0 Å². The third-order valence-electron chi connectivity index (χ3n) is 3.56. The van der Waals surface area contributed by atoms with Crippen molar-refractivity contribution >= 4 is 64.1 Å². The number of carboxylic acid groups (broad SMARTS) is 1. The van der Waals surface area contributed by atoms with Crippen molar-refractivity contribution in [3.8, 4) is 17.2 Å². The van der Waals surface area contributed by atoms with Crippen molar-refractivity contribution in [1.82, 2.24) is 5.32 Å². The fourth-order valence-corrected chi connectivity index (χ4v) is 4.20. The molecule has 0 heterocycles. The number of nitrogens with one attached hydrogen (secondary N) is 1. The zero-order valence-electron chi connectivity index (χ0n) is 16.8. The van der Waals surface area contributed by atoms with E-state index in [4.69, 9.17) is 9.84 Å². The van der Waals surface area contributed by atoms with Crippen LogP contribution in [0.3, 0.4) is 0 Å². The van der Waals surface area contributed by atoms with Crippen molar-refractivity contribution in [1.29, 1.82) is 0 Å². The minimum Gasteiger partial charge on any atom is -0.507 e. The number of phenols is 1. The number of hydrogen-bond acceptors (Lipinski definition) is 5. The summed E-state index contributed by atoms with van der Waals surface area (Å²) in [6.07, 6.45) is 3.06. The molecule has 0 aromatic heterocycles. The number of benzene rings is 2. The Balaban J connectivity index is 0.00000103. The zero-order valence-corrected chi connectivity index (χ0v) is 21.8. The summed E-state index contributed by atoms with van der Waals surface area (Å²) in [6, 6.07) is 8.13. The third-order valence-corrected chi connectivity index (χ3v) is 6.08. The van der Waals surface area contributed by atoms with Crippen LogP contribution in [0.5, 0.6) is 17.2 Å². The normalized spacial score (nSPS) is 10.4. The lowest BCUT2D eigenvalue weighted by Crippen LogP contribution is -2.29. The lowest BCUT2D eigenvalue weighted by Gasteiger charge is -2.13. The highest BCUT2D eigenvalue weighted by Gasteiger charge is 2.15. The van der Waals surface area contributed by atoms with E-state index in [1.807, 2.05) is 23.9 Å². The Kier molecular flexibility index (Phi) is 12.4. The minimum absolute atomic E-state index is 0.0696. The van der Waals surface area contributed by atoms with Gasteiger partial charge in [-0.2, -0.15) is 11.8 Å². The predicted molar refractivity (Wildman–Crippen MR) is 132 cm³/mol. The van der Waals surface area contributed by atoms with Crippen molar-refractivity contribution in [2.24, 2.45) is 0 Å². The monoisotopic (exact) mass is 579 g/mol. The lowest BCUT2D eigenvalue weighted by atomic mass is 10.1. The smallest absolute Gasteiger partial charge is 0.322 e. The van der Waals surface area contributed by atoms with Crippen LogP contribution >= 0.6 is 52.2 Å². The average molecular weight is 581 g/mol. The molecular formula is C20H24Br2NO5PS. The molecule has 6 nitrogen and oxygen atoms in total. The van der Waals surface area contributed by atoms with E-state index in [0.717, 1.165) is 29.3 Å². The maximum absolute atomic E-state index is 12.0. The second-order valence-corrected chi connectivity index (χ2v) is 9.78. The van der Waals surface area contributed by atoms with Crippen LogP contribution in [0, 0.1) is 0 Å². The second-order valence-electron chi connectivity index (χ2n) is 5.85. The number of phenolic OH excluding ortho intramolecular Hbond substituents is 1. The number of hydrogen-bond donors (Lipinski definition) is 3. The van der Waals surface area contributed by atoms with Gasteiger partial charge in [-0.1, -0.05) is 6.92 Å². The third kappa shape index (κ3) is 8.84. The molecule has 0 bridgehead atoms. The van der Waals surface area contributed by atoms with Crippen LogP contribution in [0.25, 0.3) is 0 Å². The summed E-state index contributed by atoms with van der Waals surface area (Å²) in [6.45, 7) is 3.73. The number of carbonyl (C=O) groups is 2. The van der Waals surface area contributed by atoms with E-state index in [9.17, 15) is 14.7 Å². The number of amides is 1. The fourth-order valence-electron chi connectivity index (χ4n) is 2.15. The highest BCUT2D eigenvalue weighted by molar-refractivity contribution is 9.11. The van der Waals surface area contributed by atoms with Crippen molar-refractivity contribution in [3.63, 3.8) is 0 Å². The van der Waals surface area contributed by atoms with Crippen LogP contribution in [0.4, 0.5) is 0 Å². The number of thioether (sulfide) groups is 1. The van der Waals surface area contributed by atoms with E-state index in [0.29, 0.717) is 11.5 Å². The topological polar surface area (TPSA) is 95.9 Å². The molecule has 30 heavy (non-hydrogen) atoms. The Labute approximate surface area is 199 Å². The van der Waals surface area contributed by atoms with Crippen LogP contribution in [-0.4, -0.2) is 47.3 Å². The molecule has 2 rings (SSSR count). The average Bonchev–Trinajstić information content (AvgIpc) is 2.70. The van der Waals surface area contributed by atoms with Gasteiger partial charge in [-0.3, -0.25) is 9.59 Å². The van der Waals surface area contributed by atoms with Crippen LogP contribution in [0.15, 0.2) is 39.3 Å². The predicted octanol–water partition coefficient (Wildman–Crippen LogP) is 5.70. The maximum atomic E-state index is 12.0. The van der Waals surface area contributed by atoms with Gasteiger partial charge in [-0.05, 0) is 92.6 Å². The summed E-state index contributed by atoms with van der Waals surface area (Å²) < 4.78 is 7.35. The number of aliphatic carboxylic acids is 1. The van der Waals surface area contributed by atoms with Crippen molar-refractivity contribution in [2.45, 2.75) is 13.1 Å². The van der Waals surface area contributed by atoms with Gasteiger partial charge in [0.2, 0.25) is 0 Å². The van der Waals surface area contributed by atoms with Crippen LogP contribution in [-0.2, 0) is 11.0 Å². The second kappa shape index (κ2) is 13.9. The molecule has 0 aliphatic rings. The van der Waals surface area contributed by atoms with Crippen molar-refractivity contribution < 1.29 is 24.5 Å². The first-order valence-electron chi connectivity index (χ1n) is 8.85. The summed E-state index contributed by atoms with van der Waals surface area (Å²) in [7, 11) is 0.793. The molecule has 10 heteroatoms. The van der Waals surface area contributed by atoms with Gasteiger partial charge in [0, 0.05) is 0 Å². The van der Waals surface area contributed by atoms with Gasteiger partial charge in [0.05, 0.1) is 14.5 Å². The van der Waals surface area contributed by atoms with E-state index in [1.165, 1.54) is 24.0 Å². The highest BCUT2D eigenvalue weighted by Crippen LogP contribution is 2.39. The van der Waals surface area contributed by atoms with E-state index in [2.05, 4.69) is 57.0 Å². The number of ether oxygens (including phenoxy) is 1. The number of aromatic hydroxyl groups is 1. The van der Waals surface area contributed by atoms with Gasteiger partial charge in [-0.15, -0.1) is 8.58 Å². The number of carbonyl (C=O) groups excluding carboxylic acids is 1. The van der Waals surface area contributed by atoms with Gasteiger partial charge in [0.25, 0.3) is 5.91 Å². The summed E-state index contributed by atoms with van der Waals surface area (Å²) in [5.74, 6) is -0.0399. The molecule has 0 saturated carbocycles. The Hall–Kier alpha value is -1.28. The molecule has 2 aromatic rings. The molecule has 3 N–H and O–H groups in total. The van der Waals surface area contributed by atoms with Crippen molar-refractivity contribution in [2.75, 3.05) is 25.2 Å².